The number of methoxy groups -OCH3 is 1. The highest BCUT2D eigenvalue weighted by Crippen LogP contribution is 2.73. The predicted octanol–water partition coefficient (Wildman–Crippen LogP) is 5.56. The van der Waals surface area contributed by atoms with Gasteiger partial charge >= 0.3 is 5.97 Å². The molecule has 0 aromatic heterocycles. The van der Waals surface area contributed by atoms with Crippen LogP contribution >= 0.6 is 43.6 Å². The SMILES string of the molecule is COC(=O)[C@H]1C(=O)[C@@]2(O)c3ccc(Br)cc3S[C@@]2(c2ccc(Br)cc2)[C@@H]1c1ccccc1. The second-order valence-electron chi connectivity index (χ2n) is 7.95. The number of carbonyl (C=O) groups excluding carboxylic acids is 2. The third-order valence-corrected chi connectivity index (χ3v) is 9.13. The molecule has 162 valence electrons. The van der Waals surface area contributed by atoms with Crippen LogP contribution < -0.4 is 0 Å². The van der Waals surface area contributed by atoms with E-state index in [9.17, 15) is 14.7 Å². The first-order valence-corrected chi connectivity index (χ1v) is 12.4. The number of rotatable bonds is 3. The Kier molecular flexibility index (Phi) is 5.36. The number of halogens is 2. The van der Waals surface area contributed by atoms with Gasteiger partial charge in [-0.2, -0.15) is 0 Å². The van der Waals surface area contributed by atoms with Crippen LogP contribution in [0.2, 0.25) is 0 Å². The summed E-state index contributed by atoms with van der Waals surface area (Å²) in [7, 11) is 1.28. The highest BCUT2D eigenvalue weighted by molar-refractivity contribution is 9.10. The average molecular weight is 574 g/mol. The van der Waals surface area contributed by atoms with Crippen LogP contribution in [-0.2, 0) is 24.7 Å². The van der Waals surface area contributed by atoms with Crippen molar-refractivity contribution in [3.63, 3.8) is 0 Å². The number of carbonyl (C=O) groups is 2. The van der Waals surface area contributed by atoms with Crippen molar-refractivity contribution >= 4 is 55.4 Å². The third kappa shape index (κ3) is 2.84. The first-order chi connectivity index (χ1) is 15.3. The fourth-order valence-electron chi connectivity index (χ4n) is 5.14. The number of esters is 1. The van der Waals surface area contributed by atoms with Gasteiger partial charge in [-0.05, 0) is 35.4 Å². The standard InChI is InChI=1S/C25H18Br2O4S/c1-31-23(29)20-21(14-5-3-2-4-6-14)25(15-7-9-16(26)10-8-15)24(30,22(20)28)18-12-11-17(27)13-19(18)32-25/h2-13,20-21,30H,1H3/t20-,21-,24+,25+/m1/s1. The molecule has 4 nitrogen and oxygen atoms in total. The van der Waals surface area contributed by atoms with Gasteiger partial charge in [-0.3, -0.25) is 9.59 Å². The lowest BCUT2D eigenvalue weighted by atomic mass is 9.73. The van der Waals surface area contributed by atoms with Crippen LogP contribution in [0.3, 0.4) is 0 Å². The zero-order chi connectivity index (χ0) is 22.7. The molecule has 0 amide bonds. The van der Waals surface area contributed by atoms with E-state index >= 15 is 0 Å². The van der Waals surface area contributed by atoms with E-state index in [2.05, 4.69) is 31.9 Å². The van der Waals surface area contributed by atoms with Gasteiger partial charge in [0, 0.05) is 25.3 Å². The van der Waals surface area contributed by atoms with Gasteiger partial charge < -0.3 is 9.84 Å². The summed E-state index contributed by atoms with van der Waals surface area (Å²) in [4.78, 5) is 27.8. The number of Topliss-reactive ketones (excluding diaryl/α,β-unsaturated/α-hetero) is 1. The number of ketones is 1. The summed E-state index contributed by atoms with van der Waals surface area (Å²) >= 11 is 8.42. The highest BCUT2D eigenvalue weighted by atomic mass is 79.9. The lowest BCUT2D eigenvalue weighted by Gasteiger charge is -2.40. The monoisotopic (exact) mass is 572 g/mol. The Balaban J connectivity index is 1.88. The molecule has 3 aromatic rings. The fraction of sp³-hybridized carbons (Fsp3) is 0.200. The van der Waals surface area contributed by atoms with Gasteiger partial charge in [0.05, 0.1) is 11.9 Å². The Morgan fingerprint density at radius 1 is 1.00 bits per heavy atom. The fourth-order valence-corrected chi connectivity index (χ4v) is 7.79. The second-order valence-corrected chi connectivity index (χ2v) is 11.1. The summed E-state index contributed by atoms with van der Waals surface area (Å²) in [5.41, 5.74) is 0.190. The molecular formula is C25H18Br2O4S. The largest absolute Gasteiger partial charge is 0.468 e. The molecule has 1 N–H and O–H groups in total. The number of aliphatic hydroxyl groups is 1. The maximum Gasteiger partial charge on any atom is 0.317 e. The molecule has 1 fully saturated rings. The molecular weight excluding hydrogens is 556 g/mol. The van der Waals surface area contributed by atoms with Gasteiger partial charge in [-0.1, -0.05) is 80.4 Å². The Labute approximate surface area is 206 Å². The zero-order valence-corrected chi connectivity index (χ0v) is 20.9. The topological polar surface area (TPSA) is 63.6 Å². The molecule has 0 saturated heterocycles. The van der Waals surface area contributed by atoms with Gasteiger partial charge in [-0.25, -0.2) is 0 Å². The van der Waals surface area contributed by atoms with Crippen LogP contribution in [0.1, 0.15) is 22.6 Å². The van der Waals surface area contributed by atoms with Crippen molar-refractivity contribution < 1.29 is 19.4 Å². The van der Waals surface area contributed by atoms with E-state index in [0.29, 0.717) is 5.56 Å². The molecule has 0 spiro atoms. The molecule has 0 radical (unpaired) electrons. The summed E-state index contributed by atoms with van der Waals surface area (Å²) in [6, 6.07) is 22.5. The minimum Gasteiger partial charge on any atom is -0.468 e. The summed E-state index contributed by atoms with van der Waals surface area (Å²) in [5.74, 6) is -2.94. The van der Waals surface area contributed by atoms with Crippen molar-refractivity contribution in [1.29, 1.82) is 0 Å². The molecule has 2 aliphatic rings. The summed E-state index contributed by atoms with van der Waals surface area (Å²) in [5, 5.41) is 12.4. The van der Waals surface area contributed by atoms with Crippen LogP contribution in [0.25, 0.3) is 0 Å². The smallest absolute Gasteiger partial charge is 0.317 e. The molecule has 32 heavy (non-hydrogen) atoms. The average Bonchev–Trinajstić information content (AvgIpc) is 3.17. The third-order valence-electron chi connectivity index (χ3n) is 6.44. The molecule has 3 aromatic carbocycles. The number of ether oxygens (including phenoxy) is 1. The van der Waals surface area contributed by atoms with Gasteiger partial charge in [0.25, 0.3) is 0 Å². The van der Waals surface area contributed by atoms with Crippen LogP contribution in [0.15, 0.2) is 86.6 Å². The molecule has 5 rings (SSSR count). The van der Waals surface area contributed by atoms with Crippen LogP contribution in [-0.4, -0.2) is 24.0 Å². The molecule has 1 aliphatic carbocycles. The molecule has 4 atom stereocenters. The van der Waals surface area contributed by atoms with Gasteiger partial charge in [0.15, 0.2) is 11.4 Å². The van der Waals surface area contributed by atoms with Crippen molar-refractivity contribution in [3.05, 3.63) is 98.4 Å². The van der Waals surface area contributed by atoms with Gasteiger partial charge in [0.1, 0.15) is 5.92 Å². The molecule has 1 aliphatic heterocycles. The minimum absolute atomic E-state index is 0.519. The van der Waals surface area contributed by atoms with E-state index in [1.54, 1.807) is 6.07 Å². The zero-order valence-electron chi connectivity index (χ0n) is 16.9. The highest BCUT2D eigenvalue weighted by Gasteiger charge is 2.76. The number of hydrogen-bond acceptors (Lipinski definition) is 5. The van der Waals surface area contributed by atoms with E-state index in [1.165, 1.54) is 18.9 Å². The molecule has 0 unspecified atom stereocenters. The lowest BCUT2D eigenvalue weighted by Crippen LogP contribution is -2.45. The lowest BCUT2D eigenvalue weighted by molar-refractivity contribution is -0.152. The van der Waals surface area contributed by atoms with Crippen molar-refractivity contribution in [2.45, 2.75) is 21.2 Å². The van der Waals surface area contributed by atoms with Crippen LogP contribution in [0, 0.1) is 5.92 Å². The number of benzene rings is 3. The van der Waals surface area contributed by atoms with Crippen LogP contribution in [0.4, 0.5) is 0 Å². The Morgan fingerprint density at radius 2 is 1.66 bits per heavy atom. The van der Waals surface area contributed by atoms with Crippen molar-refractivity contribution in [1.82, 2.24) is 0 Å². The second kappa shape index (κ2) is 7.83. The van der Waals surface area contributed by atoms with Gasteiger partial charge in [0.2, 0.25) is 0 Å². The number of fused-ring (bicyclic) bond motifs is 3. The predicted molar refractivity (Wildman–Crippen MR) is 129 cm³/mol. The van der Waals surface area contributed by atoms with E-state index < -0.39 is 33.9 Å². The Bertz CT molecular complexity index is 1230. The molecule has 0 bridgehead atoms. The van der Waals surface area contributed by atoms with Crippen LogP contribution in [0.5, 0.6) is 0 Å². The molecule has 1 saturated carbocycles. The van der Waals surface area contributed by atoms with Gasteiger partial charge in [-0.15, -0.1) is 11.8 Å². The van der Waals surface area contributed by atoms with E-state index in [4.69, 9.17) is 4.74 Å². The molecule has 1 heterocycles. The maximum absolute atomic E-state index is 14.0. The number of thioether (sulfide) groups is 1. The maximum atomic E-state index is 14.0. The summed E-state index contributed by atoms with van der Waals surface area (Å²) in [6.45, 7) is 0. The van der Waals surface area contributed by atoms with Crippen molar-refractivity contribution in [2.24, 2.45) is 5.92 Å². The van der Waals surface area contributed by atoms with E-state index in [1.807, 2.05) is 66.7 Å². The van der Waals surface area contributed by atoms with E-state index in [-0.39, 0.29) is 0 Å². The summed E-state index contributed by atoms with van der Waals surface area (Å²) < 4.78 is 5.67. The molecule has 7 heteroatoms. The quantitative estimate of drug-likeness (QED) is 0.328. The Morgan fingerprint density at radius 3 is 2.31 bits per heavy atom. The minimum atomic E-state index is -1.90. The summed E-state index contributed by atoms with van der Waals surface area (Å²) in [6.07, 6.45) is 0. The Hall–Kier alpha value is -1.93. The number of hydrogen-bond donors (Lipinski definition) is 1. The van der Waals surface area contributed by atoms with E-state index in [0.717, 1.165) is 25.0 Å². The normalized spacial score (nSPS) is 28.3. The van der Waals surface area contributed by atoms with Crippen molar-refractivity contribution in [2.75, 3.05) is 7.11 Å². The first kappa shape index (κ1) is 21.9. The first-order valence-electron chi connectivity index (χ1n) is 9.99. The van der Waals surface area contributed by atoms with Crippen molar-refractivity contribution in [3.8, 4) is 0 Å².